The Morgan fingerprint density at radius 2 is 1.83 bits per heavy atom. The molecule has 0 aromatic carbocycles. The first-order chi connectivity index (χ1) is 8.60. The van der Waals surface area contributed by atoms with Crippen LogP contribution in [0.1, 0.15) is 45.0 Å². The fourth-order valence-electron chi connectivity index (χ4n) is 1.27. The SMILES string of the molecule is CC.COc1nc(C(C)C)c(OCC#N)nc1C. The second kappa shape index (κ2) is 8.29. The summed E-state index contributed by atoms with van der Waals surface area (Å²) >= 11 is 0. The van der Waals surface area contributed by atoms with Crippen molar-refractivity contribution in [3.05, 3.63) is 11.4 Å². The Kier molecular flexibility index (Phi) is 7.45. The van der Waals surface area contributed by atoms with E-state index in [-0.39, 0.29) is 12.5 Å². The molecule has 5 heteroatoms. The van der Waals surface area contributed by atoms with E-state index < -0.39 is 0 Å². The summed E-state index contributed by atoms with van der Waals surface area (Å²) < 4.78 is 10.3. The van der Waals surface area contributed by atoms with Crippen molar-refractivity contribution >= 4 is 0 Å². The predicted molar refractivity (Wildman–Crippen MR) is 69.9 cm³/mol. The van der Waals surface area contributed by atoms with Crippen molar-refractivity contribution in [2.45, 2.75) is 40.5 Å². The number of nitrogens with zero attached hydrogens (tertiary/aromatic N) is 3. The monoisotopic (exact) mass is 251 g/mol. The van der Waals surface area contributed by atoms with E-state index >= 15 is 0 Å². The van der Waals surface area contributed by atoms with E-state index in [1.54, 1.807) is 14.0 Å². The number of hydrogen-bond donors (Lipinski definition) is 0. The van der Waals surface area contributed by atoms with Crippen molar-refractivity contribution in [3.8, 4) is 17.8 Å². The van der Waals surface area contributed by atoms with Crippen LogP contribution >= 0.6 is 0 Å². The van der Waals surface area contributed by atoms with Gasteiger partial charge in [0.05, 0.1) is 7.11 Å². The van der Waals surface area contributed by atoms with Gasteiger partial charge in [0.1, 0.15) is 17.5 Å². The van der Waals surface area contributed by atoms with Gasteiger partial charge in [-0.3, -0.25) is 0 Å². The van der Waals surface area contributed by atoms with Crippen LogP contribution in [0.2, 0.25) is 0 Å². The average molecular weight is 251 g/mol. The van der Waals surface area contributed by atoms with Crippen LogP contribution in [-0.2, 0) is 0 Å². The molecule has 18 heavy (non-hydrogen) atoms. The number of aryl methyl sites for hydroxylation is 1. The van der Waals surface area contributed by atoms with Gasteiger partial charge in [-0.25, -0.2) is 9.97 Å². The normalized spacial score (nSPS) is 9.22. The zero-order valence-electron chi connectivity index (χ0n) is 11.9. The molecule has 0 aliphatic heterocycles. The minimum Gasteiger partial charge on any atom is -0.480 e. The molecule has 0 bridgehead atoms. The molecule has 0 aliphatic rings. The van der Waals surface area contributed by atoms with Crippen LogP contribution in [0, 0.1) is 18.3 Å². The van der Waals surface area contributed by atoms with E-state index in [4.69, 9.17) is 14.7 Å². The summed E-state index contributed by atoms with van der Waals surface area (Å²) in [5.74, 6) is 1.07. The summed E-state index contributed by atoms with van der Waals surface area (Å²) in [5, 5.41) is 8.48. The summed E-state index contributed by atoms with van der Waals surface area (Å²) in [6.45, 7) is 9.73. The molecule has 0 fully saturated rings. The van der Waals surface area contributed by atoms with Crippen LogP contribution in [0.25, 0.3) is 0 Å². The summed E-state index contributed by atoms with van der Waals surface area (Å²) in [7, 11) is 1.55. The Morgan fingerprint density at radius 3 is 2.28 bits per heavy atom. The number of aromatic nitrogens is 2. The molecule has 0 aliphatic carbocycles. The number of nitriles is 1. The lowest BCUT2D eigenvalue weighted by molar-refractivity contribution is 0.334. The van der Waals surface area contributed by atoms with E-state index in [1.807, 2.05) is 33.8 Å². The smallest absolute Gasteiger partial charge is 0.237 e. The van der Waals surface area contributed by atoms with Crippen molar-refractivity contribution in [2.75, 3.05) is 13.7 Å². The molecular weight excluding hydrogens is 230 g/mol. The fourth-order valence-corrected chi connectivity index (χ4v) is 1.27. The Morgan fingerprint density at radius 1 is 1.22 bits per heavy atom. The largest absolute Gasteiger partial charge is 0.480 e. The van der Waals surface area contributed by atoms with Gasteiger partial charge in [0.15, 0.2) is 6.61 Å². The zero-order chi connectivity index (χ0) is 14.1. The molecule has 1 heterocycles. The molecule has 0 radical (unpaired) electrons. The summed E-state index contributed by atoms with van der Waals surface area (Å²) in [5.41, 5.74) is 1.36. The number of rotatable bonds is 4. The maximum Gasteiger partial charge on any atom is 0.237 e. The Balaban J connectivity index is 0.00000137. The average Bonchev–Trinajstić information content (AvgIpc) is 2.38. The first-order valence-corrected chi connectivity index (χ1v) is 6.02. The number of hydrogen-bond acceptors (Lipinski definition) is 5. The van der Waals surface area contributed by atoms with Crippen molar-refractivity contribution in [1.82, 2.24) is 9.97 Å². The molecule has 0 amide bonds. The van der Waals surface area contributed by atoms with E-state index in [2.05, 4.69) is 9.97 Å². The van der Waals surface area contributed by atoms with Crippen LogP contribution in [0.15, 0.2) is 0 Å². The Bertz CT molecular complexity index is 411. The van der Waals surface area contributed by atoms with Crippen molar-refractivity contribution in [3.63, 3.8) is 0 Å². The van der Waals surface area contributed by atoms with Crippen molar-refractivity contribution < 1.29 is 9.47 Å². The summed E-state index contributed by atoms with van der Waals surface area (Å²) in [6.07, 6.45) is 0. The molecule has 0 saturated carbocycles. The van der Waals surface area contributed by atoms with Gasteiger partial charge in [-0.15, -0.1) is 0 Å². The van der Waals surface area contributed by atoms with Gasteiger partial charge in [0, 0.05) is 5.92 Å². The predicted octanol–water partition coefficient (Wildman–Crippen LogP) is 2.85. The standard InChI is InChI=1S/C11H15N3O2.C2H6/c1-7(2)9-11(16-6-5-12)13-8(3)10(14-9)15-4;1-2/h7H,6H2,1-4H3;1-2H3. The third kappa shape index (κ3) is 4.21. The molecule has 0 spiro atoms. The molecule has 100 valence electrons. The van der Waals surface area contributed by atoms with Crippen molar-refractivity contribution in [1.29, 1.82) is 5.26 Å². The quantitative estimate of drug-likeness (QED) is 0.823. The number of methoxy groups -OCH3 is 1. The zero-order valence-corrected chi connectivity index (χ0v) is 11.9. The second-order valence-electron chi connectivity index (χ2n) is 3.61. The van der Waals surface area contributed by atoms with Gasteiger partial charge >= 0.3 is 0 Å². The first kappa shape index (κ1) is 16.2. The highest BCUT2D eigenvalue weighted by Crippen LogP contribution is 2.26. The third-order valence-electron chi connectivity index (χ3n) is 2.03. The second-order valence-corrected chi connectivity index (χ2v) is 3.61. The molecule has 5 nitrogen and oxygen atoms in total. The van der Waals surface area contributed by atoms with Gasteiger partial charge in [0.25, 0.3) is 0 Å². The highest BCUT2D eigenvalue weighted by Gasteiger charge is 2.15. The molecule has 0 atom stereocenters. The van der Waals surface area contributed by atoms with Gasteiger partial charge in [-0.05, 0) is 6.92 Å². The van der Waals surface area contributed by atoms with Gasteiger partial charge < -0.3 is 9.47 Å². The van der Waals surface area contributed by atoms with E-state index in [1.165, 1.54) is 0 Å². The molecule has 1 aromatic heterocycles. The third-order valence-corrected chi connectivity index (χ3v) is 2.03. The lowest BCUT2D eigenvalue weighted by atomic mass is 10.1. The van der Waals surface area contributed by atoms with Crippen LogP contribution in [0.5, 0.6) is 11.8 Å². The van der Waals surface area contributed by atoms with E-state index in [9.17, 15) is 0 Å². The Labute approximate surface area is 109 Å². The lowest BCUT2D eigenvalue weighted by Crippen LogP contribution is -2.07. The van der Waals surface area contributed by atoms with Crippen LogP contribution in [0.4, 0.5) is 0 Å². The van der Waals surface area contributed by atoms with Crippen molar-refractivity contribution in [2.24, 2.45) is 0 Å². The first-order valence-electron chi connectivity index (χ1n) is 6.02. The molecule has 0 N–H and O–H groups in total. The summed E-state index contributed by atoms with van der Waals surface area (Å²) in [6, 6.07) is 1.91. The number of ether oxygens (including phenoxy) is 2. The minimum absolute atomic E-state index is 0.0276. The fraction of sp³-hybridized carbons (Fsp3) is 0.615. The highest BCUT2D eigenvalue weighted by molar-refractivity contribution is 5.30. The van der Waals surface area contributed by atoms with Crippen LogP contribution < -0.4 is 9.47 Å². The highest BCUT2D eigenvalue weighted by atomic mass is 16.5. The van der Waals surface area contributed by atoms with Crippen LogP contribution in [-0.4, -0.2) is 23.7 Å². The van der Waals surface area contributed by atoms with Gasteiger partial charge in [0.2, 0.25) is 11.8 Å². The molecule has 1 aromatic rings. The molecule has 0 saturated heterocycles. The summed E-state index contributed by atoms with van der Waals surface area (Å²) in [4.78, 5) is 8.57. The van der Waals surface area contributed by atoms with Crippen LogP contribution in [0.3, 0.4) is 0 Å². The topological polar surface area (TPSA) is 68.0 Å². The Hall–Kier alpha value is -1.83. The molecule has 1 rings (SSSR count). The maximum atomic E-state index is 8.48. The molecule has 0 unspecified atom stereocenters. The van der Waals surface area contributed by atoms with Gasteiger partial charge in [-0.1, -0.05) is 27.7 Å². The molecular formula is C13H21N3O2. The van der Waals surface area contributed by atoms with E-state index in [0.717, 1.165) is 0 Å². The minimum atomic E-state index is -0.0276. The lowest BCUT2D eigenvalue weighted by Gasteiger charge is -2.13. The van der Waals surface area contributed by atoms with E-state index in [0.29, 0.717) is 23.1 Å². The maximum absolute atomic E-state index is 8.48. The van der Waals surface area contributed by atoms with Gasteiger partial charge in [-0.2, -0.15) is 5.26 Å².